The van der Waals surface area contributed by atoms with E-state index >= 15 is 0 Å². The summed E-state index contributed by atoms with van der Waals surface area (Å²) in [6, 6.07) is 10.9. The van der Waals surface area contributed by atoms with Gasteiger partial charge in [0.15, 0.2) is 0 Å². The standard InChI is InChI=1S/C27H19F6NO8/c1-40-19-10-8-18(9-11-19)34-22(35)20(41-24(38)14-4-2-6-16(12-14)26(28,29)30)21(23(36)37)42-25(39)15-5-3-7-17(13-15)27(31,32)33/h2-13,20-21H,1H3,(H,34,35)(H,36,37)/t20-,21-/m0/s1. The fraction of sp³-hybridized carbons (Fsp3) is 0.185. The van der Waals surface area contributed by atoms with E-state index in [1.807, 2.05) is 0 Å². The van der Waals surface area contributed by atoms with Gasteiger partial charge in [-0.3, -0.25) is 4.79 Å². The third-order valence-corrected chi connectivity index (χ3v) is 5.45. The van der Waals surface area contributed by atoms with Crippen LogP contribution >= 0.6 is 0 Å². The van der Waals surface area contributed by atoms with Gasteiger partial charge < -0.3 is 24.6 Å². The lowest BCUT2D eigenvalue weighted by Gasteiger charge is -2.24. The summed E-state index contributed by atoms with van der Waals surface area (Å²) in [6.45, 7) is 0. The number of hydrogen-bond acceptors (Lipinski definition) is 7. The molecule has 3 rings (SSSR count). The molecule has 0 unspecified atom stereocenters. The van der Waals surface area contributed by atoms with Gasteiger partial charge in [0, 0.05) is 5.69 Å². The number of carbonyl (C=O) groups is 4. The van der Waals surface area contributed by atoms with Crippen LogP contribution in [0.15, 0.2) is 72.8 Å². The number of ether oxygens (including phenoxy) is 3. The van der Waals surface area contributed by atoms with Crippen molar-refractivity contribution in [3.05, 3.63) is 95.1 Å². The lowest BCUT2D eigenvalue weighted by molar-refractivity contribution is -0.157. The molecule has 0 saturated heterocycles. The predicted molar refractivity (Wildman–Crippen MR) is 131 cm³/mol. The summed E-state index contributed by atoms with van der Waals surface area (Å²) < 4.78 is 93.3. The van der Waals surface area contributed by atoms with Gasteiger partial charge in [-0.15, -0.1) is 0 Å². The highest BCUT2D eigenvalue weighted by atomic mass is 19.4. The van der Waals surface area contributed by atoms with Crippen molar-refractivity contribution >= 4 is 29.5 Å². The van der Waals surface area contributed by atoms with Crippen molar-refractivity contribution in [2.75, 3.05) is 12.4 Å². The average Bonchev–Trinajstić information content (AvgIpc) is 2.94. The minimum atomic E-state index is -4.87. The average molecular weight is 599 g/mol. The highest BCUT2D eigenvalue weighted by Crippen LogP contribution is 2.31. The summed E-state index contributed by atoms with van der Waals surface area (Å²) in [4.78, 5) is 50.6. The molecular weight excluding hydrogens is 580 g/mol. The maximum Gasteiger partial charge on any atom is 0.416 e. The number of nitrogens with one attached hydrogen (secondary N) is 1. The van der Waals surface area contributed by atoms with Gasteiger partial charge in [0.25, 0.3) is 5.91 Å². The number of carboxylic acid groups (broad SMARTS) is 1. The second kappa shape index (κ2) is 12.6. The quantitative estimate of drug-likeness (QED) is 0.254. The summed E-state index contributed by atoms with van der Waals surface area (Å²) in [7, 11) is 1.35. The zero-order chi connectivity index (χ0) is 31.2. The topological polar surface area (TPSA) is 128 Å². The molecule has 0 bridgehead atoms. The number of aliphatic carboxylic acids is 1. The third-order valence-electron chi connectivity index (χ3n) is 5.45. The minimum absolute atomic E-state index is 0.00858. The maximum atomic E-state index is 13.1. The number of rotatable bonds is 9. The Kier molecular flexibility index (Phi) is 9.45. The summed E-state index contributed by atoms with van der Waals surface area (Å²) in [6.07, 6.45) is -14.9. The van der Waals surface area contributed by atoms with Crippen LogP contribution in [0, 0.1) is 0 Å². The highest BCUT2D eigenvalue weighted by Gasteiger charge is 2.42. The van der Waals surface area contributed by atoms with Crippen molar-refractivity contribution in [2.24, 2.45) is 0 Å². The Labute approximate surface area is 232 Å². The summed E-state index contributed by atoms with van der Waals surface area (Å²) >= 11 is 0. The minimum Gasteiger partial charge on any atom is -0.497 e. The van der Waals surface area contributed by atoms with Crippen LogP contribution in [0.3, 0.4) is 0 Å². The van der Waals surface area contributed by atoms with E-state index in [0.29, 0.717) is 30.0 Å². The molecule has 2 atom stereocenters. The first-order valence-electron chi connectivity index (χ1n) is 11.5. The molecule has 15 heteroatoms. The fourth-order valence-electron chi connectivity index (χ4n) is 3.39. The van der Waals surface area contributed by atoms with E-state index in [4.69, 9.17) is 14.2 Å². The number of halogens is 6. The van der Waals surface area contributed by atoms with Crippen molar-refractivity contribution in [3.8, 4) is 5.75 Å². The normalized spacial score (nSPS) is 12.9. The van der Waals surface area contributed by atoms with Gasteiger partial charge in [-0.05, 0) is 60.7 Å². The van der Waals surface area contributed by atoms with Gasteiger partial charge in [-0.25, -0.2) is 14.4 Å². The van der Waals surface area contributed by atoms with E-state index < -0.39 is 70.6 Å². The van der Waals surface area contributed by atoms with Gasteiger partial charge >= 0.3 is 30.3 Å². The molecular formula is C27H19F6NO8. The zero-order valence-electron chi connectivity index (χ0n) is 21.2. The number of anilines is 1. The van der Waals surface area contributed by atoms with Gasteiger partial charge in [-0.1, -0.05) is 12.1 Å². The lowest BCUT2D eigenvalue weighted by atomic mass is 10.1. The molecule has 0 aromatic heterocycles. The van der Waals surface area contributed by atoms with E-state index in [-0.39, 0.29) is 5.69 Å². The number of alkyl halides is 6. The molecule has 0 heterocycles. The number of amides is 1. The molecule has 222 valence electrons. The van der Waals surface area contributed by atoms with Crippen LogP contribution in [0.4, 0.5) is 32.0 Å². The molecule has 0 aliphatic heterocycles. The van der Waals surface area contributed by atoms with Gasteiger partial charge in [0.2, 0.25) is 12.2 Å². The van der Waals surface area contributed by atoms with Crippen LogP contribution in [0.25, 0.3) is 0 Å². The molecule has 0 aliphatic carbocycles. The number of hydrogen-bond donors (Lipinski definition) is 2. The van der Waals surface area contributed by atoms with Crippen LogP contribution in [0.2, 0.25) is 0 Å². The monoisotopic (exact) mass is 599 g/mol. The van der Waals surface area contributed by atoms with Gasteiger partial charge in [-0.2, -0.15) is 26.3 Å². The number of carbonyl (C=O) groups excluding carboxylic acids is 3. The van der Waals surface area contributed by atoms with Crippen LogP contribution in [-0.2, 0) is 31.4 Å². The van der Waals surface area contributed by atoms with E-state index in [2.05, 4.69) is 5.32 Å². The molecule has 3 aromatic rings. The number of esters is 2. The fourth-order valence-corrected chi connectivity index (χ4v) is 3.39. The summed E-state index contributed by atoms with van der Waals surface area (Å²) in [5, 5.41) is 12.0. The zero-order valence-corrected chi connectivity index (χ0v) is 21.2. The summed E-state index contributed by atoms with van der Waals surface area (Å²) in [5.41, 5.74) is -4.01. The van der Waals surface area contributed by atoms with Crippen molar-refractivity contribution in [2.45, 2.75) is 24.6 Å². The Hall–Kier alpha value is -5.08. The van der Waals surface area contributed by atoms with E-state index in [0.717, 1.165) is 24.3 Å². The van der Waals surface area contributed by atoms with E-state index in [1.54, 1.807) is 0 Å². The van der Waals surface area contributed by atoms with Gasteiger partial charge in [0.1, 0.15) is 5.75 Å². The van der Waals surface area contributed by atoms with Crippen molar-refractivity contribution in [1.82, 2.24) is 0 Å². The number of carboxylic acids is 1. The summed E-state index contributed by atoms with van der Waals surface area (Å²) in [5.74, 6) is -6.34. The highest BCUT2D eigenvalue weighted by molar-refractivity contribution is 6.01. The molecule has 2 N–H and O–H groups in total. The molecule has 9 nitrogen and oxygen atoms in total. The van der Waals surface area contributed by atoms with E-state index in [1.165, 1.54) is 31.4 Å². The van der Waals surface area contributed by atoms with Crippen LogP contribution in [0.1, 0.15) is 31.8 Å². The Morgan fingerprint density at radius 2 is 1.17 bits per heavy atom. The smallest absolute Gasteiger partial charge is 0.416 e. The Balaban J connectivity index is 1.96. The first kappa shape index (κ1) is 31.4. The molecule has 0 spiro atoms. The Morgan fingerprint density at radius 3 is 1.57 bits per heavy atom. The van der Waals surface area contributed by atoms with Crippen LogP contribution in [-0.4, -0.2) is 48.2 Å². The number of benzene rings is 3. The molecule has 0 fully saturated rings. The van der Waals surface area contributed by atoms with Crippen LogP contribution < -0.4 is 10.1 Å². The Morgan fingerprint density at radius 1 is 0.714 bits per heavy atom. The lowest BCUT2D eigenvalue weighted by Crippen LogP contribution is -2.48. The molecule has 0 radical (unpaired) electrons. The molecule has 0 saturated carbocycles. The maximum absolute atomic E-state index is 13.1. The van der Waals surface area contributed by atoms with Crippen LogP contribution in [0.5, 0.6) is 5.75 Å². The van der Waals surface area contributed by atoms with Crippen molar-refractivity contribution in [3.63, 3.8) is 0 Å². The van der Waals surface area contributed by atoms with Crippen molar-refractivity contribution < 1.29 is 64.8 Å². The molecule has 0 aliphatic rings. The first-order chi connectivity index (χ1) is 19.6. The second-order valence-electron chi connectivity index (χ2n) is 8.36. The SMILES string of the molecule is COc1ccc(NC(=O)[C@@H](OC(=O)c2cccc(C(F)(F)F)c2)[C@H](OC(=O)c2cccc(C(F)(F)F)c2)C(=O)O)cc1. The number of methoxy groups -OCH3 is 1. The van der Waals surface area contributed by atoms with E-state index in [9.17, 15) is 50.6 Å². The largest absolute Gasteiger partial charge is 0.497 e. The molecule has 42 heavy (non-hydrogen) atoms. The van der Waals surface area contributed by atoms with Gasteiger partial charge in [0.05, 0.1) is 29.4 Å². The third kappa shape index (κ3) is 7.99. The molecule has 1 amide bonds. The first-order valence-corrected chi connectivity index (χ1v) is 11.5. The molecule has 3 aromatic carbocycles. The second-order valence-corrected chi connectivity index (χ2v) is 8.36. The predicted octanol–water partition coefficient (Wildman–Crippen LogP) is 5.21. The van der Waals surface area contributed by atoms with Crippen molar-refractivity contribution in [1.29, 1.82) is 0 Å². The Bertz CT molecular complexity index is 1470.